The minimum atomic E-state index is 0.459. The van der Waals surface area contributed by atoms with Gasteiger partial charge in [0.1, 0.15) is 10.8 Å². The number of aromatic nitrogens is 5. The Morgan fingerprint density at radius 1 is 1.07 bits per heavy atom. The van der Waals surface area contributed by atoms with Crippen LogP contribution < -0.4 is 15.5 Å². The van der Waals surface area contributed by atoms with Crippen LogP contribution in [0.15, 0.2) is 59.2 Å². The Hall–Kier alpha value is -2.85. The minimum absolute atomic E-state index is 0.459. The highest BCUT2D eigenvalue weighted by Gasteiger charge is 2.16. The molecule has 0 aliphatic carbocycles. The van der Waals surface area contributed by atoms with Crippen molar-refractivity contribution >= 4 is 40.9 Å². The van der Waals surface area contributed by atoms with Gasteiger partial charge in [0.25, 0.3) is 0 Å². The number of hydrogen-bond donors (Lipinski definition) is 2. The molecule has 4 rings (SSSR count). The number of nitrogens with zero attached hydrogens (tertiary/aromatic N) is 6. The van der Waals surface area contributed by atoms with E-state index in [0.717, 1.165) is 29.5 Å². The van der Waals surface area contributed by atoms with Crippen LogP contribution in [0.3, 0.4) is 0 Å². The molecule has 3 aromatic rings. The van der Waals surface area contributed by atoms with Crippen LogP contribution in [-0.2, 0) is 6.54 Å². The monoisotopic (exact) mass is 438 g/mol. The molecule has 0 saturated carbocycles. The van der Waals surface area contributed by atoms with E-state index >= 15 is 0 Å². The van der Waals surface area contributed by atoms with Gasteiger partial charge in [0.15, 0.2) is 10.3 Å². The molecule has 2 N–H and O–H groups in total. The first kappa shape index (κ1) is 20.4. The lowest BCUT2D eigenvalue weighted by Gasteiger charge is -2.28. The van der Waals surface area contributed by atoms with Gasteiger partial charge < -0.3 is 15.5 Å². The number of hydrogen-bond acceptors (Lipinski definition) is 8. The molecule has 1 aliphatic rings. The average molecular weight is 439 g/mol. The van der Waals surface area contributed by atoms with Gasteiger partial charge in [-0.2, -0.15) is 4.98 Å². The molecular formula is C20H22N8S2. The van der Waals surface area contributed by atoms with E-state index in [-0.39, 0.29) is 0 Å². The number of pyridine rings is 1. The van der Waals surface area contributed by atoms with E-state index in [1.807, 2.05) is 18.2 Å². The highest BCUT2D eigenvalue weighted by molar-refractivity contribution is 7.99. The van der Waals surface area contributed by atoms with Crippen molar-refractivity contribution < 1.29 is 0 Å². The standard InChI is InChI=1S/C20H22N8S2/c29-19(24-14-15-6-4-7-21-13-15)27-18-25-16(28-10-2-1-3-11-28)12-17(26-18)30-20-22-8-5-9-23-20/h4-9,12-13H,1-3,10-11,14H2,(H2,24,25,26,27,29). The molecule has 0 bridgehead atoms. The topological polar surface area (TPSA) is 91.8 Å². The maximum Gasteiger partial charge on any atom is 0.232 e. The number of piperidine rings is 1. The summed E-state index contributed by atoms with van der Waals surface area (Å²) in [4.78, 5) is 24.3. The highest BCUT2D eigenvalue weighted by Crippen LogP contribution is 2.28. The number of thiocarbonyl (C=S) groups is 1. The fraction of sp³-hybridized carbons (Fsp3) is 0.300. The molecule has 30 heavy (non-hydrogen) atoms. The second kappa shape index (κ2) is 10.3. The first-order valence-corrected chi connectivity index (χ1v) is 11.0. The molecule has 8 nitrogen and oxygen atoms in total. The van der Waals surface area contributed by atoms with Gasteiger partial charge in [-0.05, 0) is 60.9 Å². The predicted molar refractivity (Wildman–Crippen MR) is 122 cm³/mol. The summed E-state index contributed by atoms with van der Waals surface area (Å²) in [6.45, 7) is 2.56. The van der Waals surface area contributed by atoms with E-state index in [1.54, 1.807) is 30.9 Å². The maximum absolute atomic E-state index is 5.44. The molecular weight excluding hydrogens is 416 g/mol. The number of anilines is 2. The van der Waals surface area contributed by atoms with Crippen molar-refractivity contribution in [1.29, 1.82) is 0 Å². The molecule has 1 aliphatic heterocycles. The Kier molecular flexibility index (Phi) is 6.99. The smallest absolute Gasteiger partial charge is 0.232 e. The van der Waals surface area contributed by atoms with Gasteiger partial charge in [-0.1, -0.05) is 6.07 Å². The van der Waals surface area contributed by atoms with E-state index in [0.29, 0.717) is 22.8 Å². The zero-order valence-electron chi connectivity index (χ0n) is 16.4. The van der Waals surface area contributed by atoms with Crippen LogP contribution in [0.2, 0.25) is 0 Å². The lowest BCUT2D eigenvalue weighted by molar-refractivity contribution is 0.572. The van der Waals surface area contributed by atoms with Crippen molar-refractivity contribution in [2.75, 3.05) is 23.3 Å². The summed E-state index contributed by atoms with van der Waals surface area (Å²) in [5.41, 5.74) is 1.04. The van der Waals surface area contributed by atoms with Crippen LogP contribution >= 0.6 is 24.0 Å². The molecule has 3 aromatic heterocycles. The van der Waals surface area contributed by atoms with Gasteiger partial charge >= 0.3 is 0 Å². The van der Waals surface area contributed by atoms with Gasteiger partial charge in [0.2, 0.25) is 5.95 Å². The Labute approximate surface area is 185 Å². The van der Waals surface area contributed by atoms with Crippen LogP contribution in [0.5, 0.6) is 0 Å². The summed E-state index contributed by atoms with van der Waals surface area (Å²) >= 11 is 6.85. The second-order valence-corrected chi connectivity index (χ2v) is 8.13. The minimum Gasteiger partial charge on any atom is -0.358 e. The van der Waals surface area contributed by atoms with Crippen LogP contribution in [0, 0.1) is 0 Å². The fourth-order valence-corrected chi connectivity index (χ4v) is 3.94. The number of nitrogens with one attached hydrogen (secondary N) is 2. The maximum atomic E-state index is 5.44. The second-order valence-electron chi connectivity index (χ2n) is 6.74. The molecule has 0 atom stereocenters. The zero-order chi connectivity index (χ0) is 20.6. The Morgan fingerprint density at radius 2 is 1.90 bits per heavy atom. The predicted octanol–water partition coefficient (Wildman–Crippen LogP) is 3.29. The Balaban J connectivity index is 1.49. The summed E-state index contributed by atoms with van der Waals surface area (Å²) in [5.74, 6) is 1.35. The zero-order valence-corrected chi connectivity index (χ0v) is 18.0. The SMILES string of the molecule is S=C(NCc1cccnc1)Nc1nc(Sc2ncccn2)cc(N2CCCCC2)n1. The molecule has 0 unspecified atom stereocenters. The van der Waals surface area contributed by atoms with E-state index in [9.17, 15) is 0 Å². The van der Waals surface area contributed by atoms with E-state index in [1.165, 1.54) is 31.0 Å². The molecule has 0 radical (unpaired) electrons. The van der Waals surface area contributed by atoms with Crippen LogP contribution in [-0.4, -0.2) is 43.1 Å². The normalized spacial score (nSPS) is 13.7. The van der Waals surface area contributed by atoms with Crippen molar-refractivity contribution in [3.05, 3.63) is 54.6 Å². The molecule has 0 spiro atoms. The summed E-state index contributed by atoms with van der Waals surface area (Å²) in [6.07, 6.45) is 10.6. The molecule has 1 saturated heterocycles. The van der Waals surface area contributed by atoms with E-state index in [4.69, 9.17) is 17.2 Å². The molecule has 1 fully saturated rings. The van der Waals surface area contributed by atoms with Crippen LogP contribution in [0.1, 0.15) is 24.8 Å². The van der Waals surface area contributed by atoms with Crippen molar-refractivity contribution in [3.8, 4) is 0 Å². The van der Waals surface area contributed by atoms with E-state index < -0.39 is 0 Å². The third-order valence-electron chi connectivity index (χ3n) is 4.51. The molecule has 0 amide bonds. The van der Waals surface area contributed by atoms with E-state index in [2.05, 4.69) is 35.5 Å². The first-order chi connectivity index (χ1) is 14.8. The van der Waals surface area contributed by atoms with Gasteiger partial charge in [0.05, 0.1) is 0 Å². The molecule has 0 aromatic carbocycles. The van der Waals surface area contributed by atoms with Crippen molar-refractivity contribution in [2.24, 2.45) is 0 Å². The summed E-state index contributed by atoms with van der Waals surface area (Å²) < 4.78 is 0. The lowest BCUT2D eigenvalue weighted by Crippen LogP contribution is -2.32. The van der Waals surface area contributed by atoms with Crippen molar-refractivity contribution in [2.45, 2.75) is 36.0 Å². The highest BCUT2D eigenvalue weighted by atomic mass is 32.2. The van der Waals surface area contributed by atoms with Crippen LogP contribution in [0.25, 0.3) is 0 Å². The molecule has 10 heteroatoms. The summed E-state index contributed by atoms with van der Waals surface area (Å²) in [7, 11) is 0. The van der Waals surface area contributed by atoms with Gasteiger partial charge in [0, 0.05) is 50.5 Å². The largest absolute Gasteiger partial charge is 0.358 e. The fourth-order valence-electron chi connectivity index (χ4n) is 3.07. The molecule has 154 valence electrons. The molecule has 4 heterocycles. The first-order valence-electron chi connectivity index (χ1n) is 9.79. The number of rotatable bonds is 6. The Bertz CT molecular complexity index is 965. The van der Waals surface area contributed by atoms with Gasteiger partial charge in [-0.3, -0.25) is 4.98 Å². The summed E-state index contributed by atoms with van der Waals surface area (Å²) in [6, 6.07) is 7.67. The lowest BCUT2D eigenvalue weighted by atomic mass is 10.1. The van der Waals surface area contributed by atoms with Crippen molar-refractivity contribution in [1.82, 2.24) is 30.2 Å². The summed E-state index contributed by atoms with van der Waals surface area (Å²) in [5, 5.41) is 8.16. The van der Waals surface area contributed by atoms with Crippen LogP contribution in [0.4, 0.5) is 11.8 Å². The van der Waals surface area contributed by atoms with Crippen molar-refractivity contribution in [3.63, 3.8) is 0 Å². The third-order valence-corrected chi connectivity index (χ3v) is 5.57. The quantitative estimate of drug-likeness (QED) is 0.339. The third kappa shape index (κ3) is 5.83. The van der Waals surface area contributed by atoms with Gasteiger partial charge in [-0.15, -0.1) is 0 Å². The Morgan fingerprint density at radius 3 is 2.67 bits per heavy atom. The average Bonchev–Trinajstić information content (AvgIpc) is 2.79. The van der Waals surface area contributed by atoms with Gasteiger partial charge in [-0.25, -0.2) is 15.0 Å².